The van der Waals surface area contributed by atoms with Gasteiger partial charge in [0.2, 0.25) is 6.67 Å². The third-order valence-corrected chi connectivity index (χ3v) is 4.66. The minimum Gasteiger partial charge on any atom is -0.392 e. The molecule has 1 radical (unpaired) electrons. The maximum Gasteiger partial charge on any atom is 0.285 e. The first kappa shape index (κ1) is 16.1. The average molecular weight is 352 g/mol. The van der Waals surface area contributed by atoms with Crippen LogP contribution in [0.1, 0.15) is 18.1 Å². The van der Waals surface area contributed by atoms with E-state index < -0.39 is 0 Å². The number of aliphatic imine (C=N–C) groups is 1. The summed E-state index contributed by atoms with van der Waals surface area (Å²) in [5.41, 5.74) is 5.07. The highest BCUT2D eigenvalue weighted by atomic mass is 35.5. The summed E-state index contributed by atoms with van der Waals surface area (Å²) in [5, 5.41) is 10.1. The van der Waals surface area contributed by atoms with E-state index >= 15 is 0 Å². The largest absolute Gasteiger partial charge is 0.392 e. The second-order valence-electron chi connectivity index (χ2n) is 6.14. The molecule has 125 valence electrons. The Balaban J connectivity index is 1.63. The molecule has 2 aromatic carbocycles. The molecule has 2 aromatic rings. The zero-order valence-electron chi connectivity index (χ0n) is 13.9. The molecule has 0 atom stereocenters. The Kier molecular flexibility index (Phi) is 4.17. The molecule has 0 saturated heterocycles. The summed E-state index contributed by atoms with van der Waals surface area (Å²) in [5.74, 6) is 0.942. The lowest BCUT2D eigenvalue weighted by Gasteiger charge is -2.27. The summed E-state index contributed by atoms with van der Waals surface area (Å²) in [6, 6.07) is 15.7. The first-order valence-corrected chi connectivity index (χ1v) is 8.50. The topological polar surface area (TPSA) is 41.7 Å². The molecular formula is C20H18ClN3O+. The Morgan fingerprint density at radius 2 is 2.00 bits per heavy atom. The van der Waals surface area contributed by atoms with Crippen LogP contribution >= 0.6 is 11.6 Å². The number of aliphatic hydroxyl groups is 1. The first-order valence-electron chi connectivity index (χ1n) is 8.13. The molecule has 25 heavy (non-hydrogen) atoms. The van der Waals surface area contributed by atoms with E-state index in [0.717, 1.165) is 39.1 Å². The van der Waals surface area contributed by atoms with Crippen molar-refractivity contribution in [3.63, 3.8) is 0 Å². The van der Waals surface area contributed by atoms with Gasteiger partial charge in [-0.1, -0.05) is 40.8 Å². The summed E-state index contributed by atoms with van der Waals surface area (Å²) in [7, 11) is 0. The Morgan fingerprint density at radius 1 is 1.20 bits per heavy atom. The molecule has 1 N–H and O–H groups in total. The molecule has 5 heteroatoms. The fraction of sp³-hybridized carbons (Fsp3) is 0.150. The van der Waals surface area contributed by atoms with Crippen molar-refractivity contribution >= 4 is 28.8 Å². The van der Waals surface area contributed by atoms with Gasteiger partial charge in [0, 0.05) is 28.0 Å². The highest BCUT2D eigenvalue weighted by Gasteiger charge is 2.35. The number of allylic oxidation sites excluding steroid dienone is 1. The minimum atomic E-state index is 0.0431. The Labute approximate surface area is 152 Å². The number of hydrogen-bond acceptors (Lipinski definition) is 4. The van der Waals surface area contributed by atoms with E-state index in [1.165, 1.54) is 0 Å². The monoisotopic (exact) mass is 351 g/mol. The summed E-state index contributed by atoms with van der Waals surface area (Å²) >= 11 is 5.97. The number of rotatable bonds is 3. The first-order chi connectivity index (χ1) is 12.1. The van der Waals surface area contributed by atoms with Crippen molar-refractivity contribution in [2.45, 2.75) is 13.5 Å². The number of benzene rings is 2. The fourth-order valence-corrected chi connectivity index (χ4v) is 3.18. The van der Waals surface area contributed by atoms with Crippen molar-refractivity contribution in [3.8, 4) is 0 Å². The summed E-state index contributed by atoms with van der Waals surface area (Å²) in [4.78, 5) is 9.08. The van der Waals surface area contributed by atoms with Gasteiger partial charge in [0.1, 0.15) is 5.70 Å². The fourth-order valence-electron chi connectivity index (χ4n) is 3.06. The average Bonchev–Trinajstić information content (AvgIpc) is 3.04. The quantitative estimate of drug-likeness (QED) is 0.847. The lowest BCUT2D eigenvalue weighted by atomic mass is 10.1. The van der Waals surface area contributed by atoms with Gasteiger partial charge in [-0.3, -0.25) is 4.90 Å². The number of anilines is 1. The summed E-state index contributed by atoms with van der Waals surface area (Å²) < 4.78 is 0. The van der Waals surface area contributed by atoms with Crippen molar-refractivity contribution in [3.05, 3.63) is 82.7 Å². The summed E-state index contributed by atoms with van der Waals surface area (Å²) in [6.45, 7) is 2.81. The lowest BCUT2D eigenvalue weighted by Crippen LogP contribution is -2.44. The maximum atomic E-state index is 9.38. The third kappa shape index (κ3) is 3.12. The molecule has 0 spiro atoms. The molecule has 2 aliphatic rings. The van der Waals surface area contributed by atoms with E-state index in [1.54, 1.807) is 0 Å². The van der Waals surface area contributed by atoms with E-state index in [4.69, 9.17) is 16.6 Å². The second-order valence-corrected chi connectivity index (χ2v) is 6.58. The molecule has 2 aliphatic heterocycles. The van der Waals surface area contributed by atoms with E-state index in [1.807, 2.05) is 42.5 Å². The zero-order valence-corrected chi connectivity index (χ0v) is 14.6. The highest BCUT2D eigenvalue weighted by Crippen LogP contribution is 2.29. The molecule has 0 saturated carbocycles. The third-order valence-electron chi connectivity index (χ3n) is 4.41. The van der Waals surface area contributed by atoms with Gasteiger partial charge in [0.25, 0.3) is 5.84 Å². The molecule has 0 amide bonds. The van der Waals surface area contributed by atoms with Gasteiger partial charge in [-0.15, -0.1) is 0 Å². The van der Waals surface area contributed by atoms with Crippen LogP contribution in [0.5, 0.6) is 0 Å². The number of amidine groups is 1. The van der Waals surface area contributed by atoms with Gasteiger partial charge in [-0.05, 0) is 36.8 Å². The molecular weight excluding hydrogens is 334 g/mol. The SMILES string of the molecule is CC1=CC2=NC(c3ccc(Cl)cc3)=C[N+]2CN1c1cccc(CO)c1. The number of nitrogens with zero attached hydrogens (tertiary/aromatic N) is 3. The number of halogens is 1. The van der Waals surface area contributed by atoms with Crippen molar-refractivity contribution in [2.75, 3.05) is 11.6 Å². The number of hydrogen-bond donors (Lipinski definition) is 1. The van der Waals surface area contributed by atoms with Crippen LogP contribution in [0.25, 0.3) is 5.70 Å². The maximum absolute atomic E-state index is 9.38. The molecule has 0 bridgehead atoms. The van der Waals surface area contributed by atoms with E-state index in [-0.39, 0.29) is 6.61 Å². The van der Waals surface area contributed by atoms with Crippen molar-refractivity contribution in [1.82, 2.24) is 4.90 Å². The standard InChI is InChI=1S/C20H18ClN3O/c1-14-9-20-22-19(16-5-7-17(21)8-6-16)11-23(20)13-24(14)18-4-2-3-15(10-18)12-25/h2-11,25H,12-13H2,1H3/q+1. The Bertz CT molecular complexity index is 899. The molecule has 0 fully saturated rings. The normalized spacial score (nSPS) is 17.1. The van der Waals surface area contributed by atoms with Gasteiger partial charge in [-0.2, -0.15) is 4.99 Å². The van der Waals surface area contributed by atoms with Crippen LogP contribution in [0, 0.1) is 0 Å². The molecule has 0 aliphatic carbocycles. The molecule has 0 aromatic heterocycles. The van der Waals surface area contributed by atoms with Gasteiger partial charge < -0.3 is 5.11 Å². The minimum absolute atomic E-state index is 0.0431. The lowest BCUT2D eigenvalue weighted by molar-refractivity contribution is 0.282. The predicted octanol–water partition coefficient (Wildman–Crippen LogP) is 4.06. The van der Waals surface area contributed by atoms with E-state index in [9.17, 15) is 5.11 Å². The van der Waals surface area contributed by atoms with Gasteiger partial charge in [0.05, 0.1) is 6.61 Å². The van der Waals surface area contributed by atoms with Crippen LogP contribution in [0.4, 0.5) is 5.69 Å². The summed E-state index contributed by atoms with van der Waals surface area (Å²) in [6.07, 6.45) is 4.14. The van der Waals surface area contributed by atoms with Crippen LogP contribution in [-0.2, 0) is 6.61 Å². The molecule has 4 rings (SSSR count). The second kappa shape index (κ2) is 6.48. The van der Waals surface area contributed by atoms with Crippen LogP contribution in [0.3, 0.4) is 0 Å². The van der Waals surface area contributed by atoms with E-state index in [2.05, 4.69) is 35.1 Å². The van der Waals surface area contributed by atoms with Crippen molar-refractivity contribution in [1.29, 1.82) is 0 Å². The smallest absolute Gasteiger partial charge is 0.285 e. The molecule has 4 nitrogen and oxygen atoms in total. The van der Waals surface area contributed by atoms with E-state index in [0.29, 0.717) is 6.67 Å². The van der Waals surface area contributed by atoms with Crippen LogP contribution in [0.2, 0.25) is 5.02 Å². The van der Waals surface area contributed by atoms with Crippen molar-refractivity contribution in [2.24, 2.45) is 4.99 Å². The number of aliphatic hydroxyl groups excluding tert-OH is 1. The van der Waals surface area contributed by atoms with Crippen LogP contribution in [0.15, 0.2) is 71.5 Å². The van der Waals surface area contributed by atoms with Crippen LogP contribution in [-0.4, -0.2) is 17.6 Å². The van der Waals surface area contributed by atoms with Gasteiger partial charge in [0.15, 0.2) is 6.20 Å². The van der Waals surface area contributed by atoms with Crippen LogP contribution < -0.4 is 9.80 Å². The highest BCUT2D eigenvalue weighted by molar-refractivity contribution is 6.30. The van der Waals surface area contributed by atoms with Gasteiger partial charge >= 0.3 is 0 Å². The van der Waals surface area contributed by atoms with Gasteiger partial charge in [-0.25, -0.2) is 0 Å². The number of fused-ring (bicyclic) bond motifs is 1. The molecule has 2 heterocycles. The Hall–Kier alpha value is -2.40. The predicted molar refractivity (Wildman–Crippen MR) is 102 cm³/mol. The van der Waals surface area contributed by atoms with Crippen molar-refractivity contribution < 1.29 is 5.11 Å². The molecule has 0 unspecified atom stereocenters. The zero-order chi connectivity index (χ0) is 17.4. The Morgan fingerprint density at radius 3 is 2.76 bits per heavy atom.